The molecule has 0 bridgehead atoms. The number of halogens is 3. The normalized spacial score (nSPS) is 9.81. The van der Waals surface area contributed by atoms with Gasteiger partial charge in [-0.2, -0.15) is 0 Å². The first-order valence-electron chi connectivity index (χ1n) is 8.13. The summed E-state index contributed by atoms with van der Waals surface area (Å²) < 4.78 is 11.3. The second kappa shape index (κ2) is 14.0. The zero-order valence-corrected chi connectivity index (χ0v) is 17.5. The van der Waals surface area contributed by atoms with Crippen LogP contribution in [0, 0.1) is 0 Å². The van der Waals surface area contributed by atoms with Crippen molar-refractivity contribution < 1.29 is 9.47 Å². The number of hydrogen-bond donors (Lipinski definition) is 2. The Morgan fingerprint density at radius 1 is 1.00 bits per heavy atom. The minimum Gasteiger partial charge on any atom is -0.493 e. The first kappa shape index (κ1) is 24.8. The zero-order chi connectivity index (χ0) is 17.2. The minimum atomic E-state index is 0. The van der Waals surface area contributed by atoms with Crippen LogP contribution in [0.25, 0.3) is 0 Å². The maximum absolute atomic E-state index is 6.40. The van der Waals surface area contributed by atoms with Gasteiger partial charge in [0.25, 0.3) is 0 Å². The molecule has 0 saturated heterocycles. The molecule has 0 saturated carbocycles. The lowest BCUT2D eigenvalue weighted by Crippen LogP contribution is -2.19. The van der Waals surface area contributed by atoms with Crippen molar-refractivity contribution >= 4 is 36.4 Å². The Hall–Kier alpha value is -1.17. The Morgan fingerprint density at radius 3 is 2.38 bits per heavy atom. The highest BCUT2D eigenvalue weighted by Gasteiger charge is 2.12. The maximum atomic E-state index is 6.40. The molecule has 7 heteroatoms. The van der Waals surface area contributed by atoms with Gasteiger partial charge < -0.3 is 20.1 Å². The van der Waals surface area contributed by atoms with E-state index in [1.54, 1.807) is 7.11 Å². The molecule has 146 valence electrons. The number of hydrogen-bond acceptors (Lipinski definition) is 4. The number of ether oxygens (including phenoxy) is 2. The Balaban J connectivity index is 0.00000312. The van der Waals surface area contributed by atoms with E-state index < -0.39 is 0 Å². The predicted molar refractivity (Wildman–Crippen MR) is 114 cm³/mol. The van der Waals surface area contributed by atoms with Gasteiger partial charge in [-0.15, -0.1) is 24.8 Å². The molecule has 26 heavy (non-hydrogen) atoms. The highest BCUT2D eigenvalue weighted by atomic mass is 35.5. The fourth-order valence-electron chi connectivity index (χ4n) is 2.37. The van der Waals surface area contributed by atoms with E-state index in [-0.39, 0.29) is 24.8 Å². The standard InChI is InChI=1S/C19H25ClN2O2.2ClH/c1-21-9-6-10-22-13-16-11-17(20)19(18(12-16)23-2)24-14-15-7-4-3-5-8-15;;/h3-5,7-8,11-12,21-22H,6,9-10,13-14H2,1-2H3;2*1H. The predicted octanol–water partition coefficient (Wildman–Crippen LogP) is 4.47. The van der Waals surface area contributed by atoms with Crippen molar-refractivity contribution in [2.45, 2.75) is 19.6 Å². The molecule has 0 aromatic heterocycles. The van der Waals surface area contributed by atoms with Gasteiger partial charge in [-0.25, -0.2) is 0 Å². The Labute approximate surface area is 173 Å². The number of benzene rings is 2. The van der Waals surface area contributed by atoms with Gasteiger partial charge in [0.2, 0.25) is 0 Å². The third-order valence-corrected chi connectivity index (χ3v) is 3.91. The van der Waals surface area contributed by atoms with Gasteiger partial charge in [0.1, 0.15) is 6.61 Å². The van der Waals surface area contributed by atoms with Crippen LogP contribution in [0.5, 0.6) is 11.5 Å². The fraction of sp³-hybridized carbons (Fsp3) is 0.368. The molecule has 0 heterocycles. The summed E-state index contributed by atoms with van der Waals surface area (Å²) in [5.41, 5.74) is 2.17. The molecule has 0 atom stereocenters. The van der Waals surface area contributed by atoms with E-state index in [1.165, 1.54) is 0 Å². The average Bonchev–Trinajstić information content (AvgIpc) is 2.61. The average molecular weight is 422 g/mol. The monoisotopic (exact) mass is 420 g/mol. The first-order chi connectivity index (χ1) is 11.7. The topological polar surface area (TPSA) is 42.5 Å². The second-order valence-electron chi connectivity index (χ2n) is 5.52. The molecule has 0 aliphatic rings. The molecule has 0 radical (unpaired) electrons. The summed E-state index contributed by atoms with van der Waals surface area (Å²) in [5.74, 6) is 1.24. The summed E-state index contributed by atoms with van der Waals surface area (Å²) in [6, 6.07) is 13.9. The van der Waals surface area contributed by atoms with Crippen molar-refractivity contribution in [3.8, 4) is 11.5 Å². The molecule has 4 nitrogen and oxygen atoms in total. The third-order valence-electron chi connectivity index (χ3n) is 3.62. The van der Waals surface area contributed by atoms with Crippen LogP contribution >= 0.6 is 36.4 Å². The van der Waals surface area contributed by atoms with Crippen molar-refractivity contribution in [2.24, 2.45) is 0 Å². The molecule has 0 spiro atoms. The summed E-state index contributed by atoms with van der Waals surface area (Å²) in [5, 5.41) is 7.10. The summed E-state index contributed by atoms with van der Waals surface area (Å²) in [7, 11) is 3.59. The van der Waals surface area contributed by atoms with E-state index in [1.807, 2.05) is 49.5 Å². The first-order valence-corrected chi connectivity index (χ1v) is 8.51. The van der Waals surface area contributed by atoms with Crippen LogP contribution < -0.4 is 20.1 Å². The Kier molecular flexibility index (Phi) is 13.3. The third kappa shape index (κ3) is 8.02. The molecule has 0 amide bonds. The highest BCUT2D eigenvalue weighted by Crippen LogP contribution is 2.36. The van der Waals surface area contributed by atoms with E-state index in [2.05, 4.69) is 10.6 Å². The second-order valence-corrected chi connectivity index (χ2v) is 5.92. The van der Waals surface area contributed by atoms with Crippen molar-refractivity contribution in [3.05, 3.63) is 58.6 Å². The largest absolute Gasteiger partial charge is 0.493 e. The molecule has 0 unspecified atom stereocenters. The van der Waals surface area contributed by atoms with Crippen LogP contribution in [0.15, 0.2) is 42.5 Å². The van der Waals surface area contributed by atoms with Gasteiger partial charge in [0, 0.05) is 6.54 Å². The van der Waals surface area contributed by atoms with Gasteiger partial charge in [0.15, 0.2) is 11.5 Å². The van der Waals surface area contributed by atoms with Gasteiger partial charge in [-0.1, -0.05) is 41.9 Å². The van der Waals surface area contributed by atoms with Crippen LogP contribution in [0.3, 0.4) is 0 Å². The molecular weight excluding hydrogens is 395 g/mol. The summed E-state index contributed by atoms with van der Waals surface area (Å²) in [6.45, 7) is 3.16. The van der Waals surface area contributed by atoms with E-state index in [0.717, 1.165) is 37.2 Å². The molecule has 2 rings (SSSR count). The molecule has 2 aromatic rings. The van der Waals surface area contributed by atoms with E-state index >= 15 is 0 Å². The lowest BCUT2D eigenvalue weighted by molar-refractivity contribution is 0.284. The molecule has 0 fully saturated rings. The molecule has 0 aliphatic carbocycles. The zero-order valence-electron chi connectivity index (χ0n) is 15.1. The van der Waals surface area contributed by atoms with Crippen LogP contribution in [-0.4, -0.2) is 27.2 Å². The highest BCUT2D eigenvalue weighted by molar-refractivity contribution is 6.32. The molecule has 0 aliphatic heterocycles. The Bertz CT molecular complexity index is 628. The summed E-state index contributed by atoms with van der Waals surface area (Å²) in [6.07, 6.45) is 1.08. The van der Waals surface area contributed by atoms with Crippen molar-refractivity contribution in [3.63, 3.8) is 0 Å². The quantitative estimate of drug-likeness (QED) is 0.555. The van der Waals surface area contributed by atoms with Crippen molar-refractivity contribution in [1.29, 1.82) is 0 Å². The fourth-order valence-corrected chi connectivity index (χ4v) is 2.66. The van der Waals surface area contributed by atoms with Gasteiger partial charge in [-0.05, 0) is 49.8 Å². The van der Waals surface area contributed by atoms with Crippen molar-refractivity contribution in [2.75, 3.05) is 27.2 Å². The SMILES string of the molecule is CNCCCNCc1cc(Cl)c(OCc2ccccc2)c(OC)c1.Cl.Cl. The lowest BCUT2D eigenvalue weighted by Gasteiger charge is -2.14. The van der Waals surface area contributed by atoms with E-state index in [4.69, 9.17) is 21.1 Å². The van der Waals surface area contributed by atoms with E-state index in [9.17, 15) is 0 Å². The van der Waals surface area contributed by atoms with Crippen LogP contribution in [-0.2, 0) is 13.2 Å². The summed E-state index contributed by atoms with van der Waals surface area (Å²) in [4.78, 5) is 0. The maximum Gasteiger partial charge on any atom is 0.180 e. The number of nitrogens with one attached hydrogen (secondary N) is 2. The van der Waals surface area contributed by atoms with Crippen LogP contribution in [0.2, 0.25) is 5.02 Å². The van der Waals surface area contributed by atoms with E-state index in [0.29, 0.717) is 23.1 Å². The smallest absolute Gasteiger partial charge is 0.180 e. The van der Waals surface area contributed by atoms with Crippen LogP contribution in [0.4, 0.5) is 0 Å². The lowest BCUT2D eigenvalue weighted by atomic mass is 10.2. The number of methoxy groups -OCH3 is 1. The van der Waals surface area contributed by atoms with Gasteiger partial charge in [-0.3, -0.25) is 0 Å². The Morgan fingerprint density at radius 2 is 1.73 bits per heavy atom. The summed E-state index contributed by atoms with van der Waals surface area (Å²) >= 11 is 6.40. The van der Waals surface area contributed by atoms with Gasteiger partial charge in [0.05, 0.1) is 12.1 Å². The minimum absolute atomic E-state index is 0. The number of rotatable bonds is 10. The van der Waals surface area contributed by atoms with Crippen LogP contribution in [0.1, 0.15) is 17.5 Å². The van der Waals surface area contributed by atoms with Crippen molar-refractivity contribution in [1.82, 2.24) is 10.6 Å². The van der Waals surface area contributed by atoms with Gasteiger partial charge >= 0.3 is 0 Å². The molecule has 2 N–H and O–H groups in total. The molecule has 2 aromatic carbocycles. The molecular formula is C19H27Cl3N2O2.